The Bertz CT molecular complexity index is 531. The number of halogens is 1. The van der Waals surface area contributed by atoms with Gasteiger partial charge in [0.1, 0.15) is 0 Å². The molecule has 24 heavy (non-hydrogen) atoms. The van der Waals surface area contributed by atoms with Crippen molar-refractivity contribution in [1.82, 2.24) is 5.32 Å². The summed E-state index contributed by atoms with van der Waals surface area (Å²) in [5.74, 6) is 1.25. The number of carbonyl (C=O) groups is 1. The molecule has 0 aliphatic heterocycles. The Hall–Kier alpha value is -1.46. The zero-order valence-corrected chi connectivity index (χ0v) is 15.5. The van der Waals surface area contributed by atoms with Crippen molar-refractivity contribution in [2.45, 2.75) is 58.2 Å². The number of ether oxygens (including phenoxy) is 2. The fourth-order valence-corrected chi connectivity index (χ4v) is 2.70. The second kappa shape index (κ2) is 9.74. The van der Waals surface area contributed by atoms with Gasteiger partial charge in [0.2, 0.25) is 5.91 Å². The highest BCUT2D eigenvalue weighted by Crippen LogP contribution is 2.32. The van der Waals surface area contributed by atoms with E-state index in [0.29, 0.717) is 6.54 Å². The van der Waals surface area contributed by atoms with Gasteiger partial charge in [-0.1, -0.05) is 13.0 Å². The van der Waals surface area contributed by atoms with Gasteiger partial charge < -0.3 is 20.5 Å². The standard InChI is InChI=1S/C18H28N2O3.ClH/c1-12(13(2)19)18(21)20-11-14-8-9-16(22-3)17(10-14)23-15-6-4-5-7-15;/h8-10,12-13,15H,4-7,11,19H2,1-3H3,(H,20,21);1H. The van der Waals surface area contributed by atoms with E-state index in [-0.39, 0.29) is 36.4 Å². The molecule has 1 aliphatic rings. The second-order valence-electron chi connectivity index (χ2n) is 6.38. The Morgan fingerprint density at radius 1 is 1.29 bits per heavy atom. The summed E-state index contributed by atoms with van der Waals surface area (Å²) in [5.41, 5.74) is 6.75. The van der Waals surface area contributed by atoms with Crippen LogP contribution >= 0.6 is 12.4 Å². The fraction of sp³-hybridized carbons (Fsp3) is 0.611. The van der Waals surface area contributed by atoms with Crippen molar-refractivity contribution in [2.75, 3.05) is 7.11 Å². The molecule has 1 fully saturated rings. The van der Waals surface area contributed by atoms with Gasteiger partial charge in [-0.25, -0.2) is 0 Å². The summed E-state index contributed by atoms with van der Waals surface area (Å²) in [5, 5.41) is 2.92. The Labute approximate surface area is 150 Å². The van der Waals surface area contributed by atoms with Crippen molar-refractivity contribution in [1.29, 1.82) is 0 Å². The third-order valence-electron chi connectivity index (χ3n) is 4.49. The van der Waals surface area contributed by atoms with Crippen LogP contribution in [0.25, 0.3) is 0 Å². The van der Waals surface area contributed by atoms with Crippen LogP contribution < -0.4 is 20.5 Å². The van der Waals surface area contributed by atoms with Gasteiger partial charge in [-0.15, -0.1) is 12.4 Å². The van der Waals surface area contributed by atoms with Crippen LogP contribution in [0.4, 0.5) is 0 Å². The number of hydrogen-bond acceptors (Lipinski definition) is 4. The van der Waals surface area contributed by atoms with E-state index in [0.717, 1.165) is 29.9 Å². The lowest BCUT2D eigenvalue weighted by Crippen LogP contribution is -2.38. The van der Waals surface area contributed by atoms with Crippen LogP contribution in [0.3, 0.4) is 0 Å². The predicted molar refractivity (Wildman–Crippen MR) is 97.8 cm³/mol. The number of nitrogens with one attached hydrogen (secondary N) is 1. The maximum absolute atomic E-state index is 12.0. The zero-order valence-electron chi connectivity index (χ0n) is 14.7. The third kappa shape index (κ3) is 5.56. The minimum absolute atomic E-state index is 0. The highest BCUT2D eigenvalue weighted by Gasteiger charge is 2.19. The van der Waals surface area contributed by atoms with Crippen molar-refractivity contribution >= 4 is 18.3 Å². The summed E-state index contributed by atoms with van der Waals surface area (Å²) >= 11 is 0. The van der Waals surface area contributed by atoms with Crippen molar-refractivity contribution in [3.05, 3.63) is 23.8 Å². The number of amides is 1. The number of hydrogen-bond donors (Lipinski definition) is 2. The van der Waals surface area contributed by atoms with E-state index < -0.39 is 0 Å². The first-order valence-electron chi connectivity index (χ1n) is 8.38. The van der Waals surface area contributed by atoms with E-state index >= 15 is 0 Å². The fourth-order valence-electron chi connectivity index (χ4n) is 2.70. The maximum atomic E-state index is 12.0. The number of nitrogens with two attached hydrogens (primary N) is 1. The first-order chi connectivity index (χ1) is 11.0. The largest absolute Gasteiger partial charge is 0.493 e. The van der Waals surface area contributed by atoms with Crippen molar-refractivity contribution in [3.8, 4) is 11.5 Å². The SMILES string of the molecule is COc1ccc(CNC(=O)C(C)C(C)N)cc1OC1CCCC1.Cl. The first kappa shape index (κ1) is 20.6. The summed E-state index contributed by atoms with van der Waals surface area (Å²) in [7, 11) is 1.64. The Morgan fingerprint density at radius 2 is 1.96 bits per heavy atom. The first-order valence-corrected chi connectivity index (χ1v) is 8.38. The molecule has 0 saturated heterocycles. The molecule has 2 unspecified atom stereocenters. The van der Waals surface area contributed by atoms with Crippen LogP contribution in [0.2, 0.25) is 0 Å². The molecule has 0 heterocycles. The summed E-state index contributed by atoms with van der Waals surface area (Å²) in [6, 6.07) is 5.62. The van der Waals surface area contributed by atoms with Gasteiger partial charge in [0, 0.05) is 18.5 Å². The van der Waals surface area contributed by atoms with Gasteiger partial charge in [-0.2, -0.15) is 0 Å². The molecule has 2 rings (SSSR count). The monoisotopic (exact) mass is 356 g/mol. The normalized spacial score (nSPS) is 16.8. The van der Waals surface area contributed by atoms with E-state index in [1.807, 2.05) is 32.0 Å². The highest BCUT2D eigenvalue weighted by molar-refractivity contribution is 5.85. The molecule has 3 N–H and O–H groups in total. The number of benzene rings is 1. The molecule has 1 saturated carbocycles. The van der Waals surface area contributed by atoms with Crippen molar-refractivity contribution in [2.24, 2.45) is 11.7 Å². The molecule has 136 valence electrons. The Balaban J connectivity index is 0.00000288. The molecule has 1 aromatic carbocycles. The van der Waals surface area contributed by atoms with E-state index in [9.17, 15) is 4.79 Å². The van der Waals surface area contributed by atoms with Crippen LogP contribution in [0, 0.1) is 5.92 Å². The van der Waals surface area contributed by atoms with Crippen LogP contribution in [-0.4, -0.2) is 25.2 Å². The minimum atomic E-state index is -0.206. The van der Waals surface area contributed by atoms with E-state index in [1.165, 1.54) is 12.8 Å². The van der Waals surface area contributed by atoms with E-state index in [4.69, 9.17) is 15.2 Å². The van der Waals surface area contributed by atoms with E-state index in [1.54, 1.807) is 7.11 Å². The summed E-state index contributed by atoms with van der Waals surface area (Å²) < 4.78 is 11.4. The number of carbonyl (C=O) groups excluding carboxylic acids is 1. The summed E-state index contributed by atoms with van der Waals surface area (Å²) in [6.45, 7) is 4.13. The molecular weight excluding hydrogens is 328 g/mol. The van der Waals surface area contributed by atoms with Gasteiger partial charge >= 0.3 is 0 Å². The molecule has 0 bridgehead atoms. The molecule has 6 heteroatoms. The minimum Gasteiger partial charge on any atom is -0.493 e. The molecule has 0 radical (unpaired) electrons. The summed E-state index contributed by atoms with van der Waals surface area (Å²) in [6.07, 6.45) is 4.90. The molecule has 2 atom stereocenters. The quantitative estimate of drug-likeness (QED) is 0.787. The molecule has 5 nitrogen and oxygen atoms in total. The zero-order chi connectivity index (χ0) is 16.8. The predicted octanol–water partition coefficient (Wildman–Crippen LogP) is 3.04. The summed E-state index contributed by atoms with van der Waals surface area (Å²) in [4.78, 5) is 12.0. The van der Waals surface area contributed by atoms with Crippen molar-refractivity contribution < 1.29 is 14.3 Å². The number of rotatable bonds is 7. The molecule has 0 aromatic heterocycles. The number of methoxy groups -OCH3 is 1. The molecule has 1 aliphatic carbocycles. The van der Waals surface area contributed by atoms with Crippen LogP contribution in [0.15, 0.2) is 18.2 Å². The highest BCUT2D eigenvalue weighted by atomic mass is 35.5. The molecule has 0 spiro atoms. The third-order valence-corrected chi connectivity index (χ3v) is 4.49. The topological polar surface area (TPSA) is 73.6 Å². The Morgan fingerprint density at radius 3 is 2.54 bits per heavy atom. The van der Waals surface area contributed by atoms with Crippen LogP contribution in [-0.2, 0) is 11.3 Å². The van der Waals surface area contributed by atoms with Gasteiger partial charge in [-0.3, -0.25) is 4.79 Å². The molecular formula is C18H29ClN2O3. The van der Waals surface area contributed by atoms with Gasteiger partial charge in [0.25, 0.3) is 0 Å². The van der Waals surface area contributed by atoms with E-state index in [2.05, 4.69) is 5.32 Å². The van der Waals surface area contributed by atoms with Gasteiger partial charge in [0.15, 0.2) is 11.5 Å². The second-order valence-corrected chi connectivity index (χ2v) is 6.38. The van der Waals surface area contributed by atoms with Gasteiger partial charge in [-0.05, 0) is 50.3 Å². The van der Waals surface area contributed by atoms with Crippen molar-refractivity contribution in [3.63, 3.8) is 0 Å². The average molecular weight is 357 g/mol. The van der Waals surface area contributed by atoms with Crippen LogP contribution in [0.1, 0.15) is 45.1 Å². The Kier molecular flexibility index (Phi) is 8.36. The molecule has 1 amide bonds. The smallest absolute Gasteiger partial charge is 0.224 e. The van der Waals surface area contributed by atoms with Gasteiger partial charge in [0.05, 0.1) is 13.2 Å². The molecule has 1 aromatic rings. The average Bonchev–Trinajstić information content (AvgIpc) is 3.05. The maximum Gasteiger partial charge on any atom is 0.224 e. The van der Waals surface area contributed by atoms with Crippen LogP contribution in [0.5, 0.6) is 11.5 Å². The lowest BCUT2D eigenvalue weighted by Gasteiger charge is -2.18. The lowest BCUT2D eigenvalue weighted by molar-refractivity contribution is -0.125. The lowest BCUT2D eigenvalue weighted by atomic mass is 10.0.